The van der Waals surface area contributed by atoms with Crippen LogP contribution < -0.4 is 5.32 Å². The highest BCUT2D eigenvalue weighted by atomic mass is 16.4. The smallest absolute Gasteiger partial charge is 0.240 e. The molecule has 0 aliphatic carbocycles. The first-order valence-electron chi connectivity index (χ1n) is 8.68. The summed E-state index contributed by atoms with van der Waals surface area (Å²) in [7, 11) is 0. The highest BCUT2D eigenvalue weighted by Crippen LogP contribution is 2.25. The summed E-state index contributed by atoms with van der Waals surface area (Å²) in [6.07, 6.45) is 0.452. The molecule has 0 radical (unpaired) electrons. The number of rotatable bonds is 9. The van der Waals surface area contributed by atoms with E-state index in [2.05, 4.69) is 12.2 Å². The van der Waals surface area contributed by atoms with Gasteiger partial charge >= 0.3 is 0 Å². The zero-order valence-corrected chi connectivity index (χ0v) is 14.2. The number of aliphatic hydroxyl groups is 4. The number of nitrogens with one attached hydrogen (secondary N) is 1. The van der Waals surface area contributed by atoms with Crippen LogP contribution in [0.3, 0.4) is 0 Å². The van der Waals surface area contributed by atoms with Crippen molar-refractivity contribution in [1.82, 2.24) is 10.2 Å². The molecule has 7 heteroatoms. The number of unbranched alkanes of at least 4 members (excludes halogenated alkanes) is 3. The molecule has 0 aromatic carbocycles. The van der Waals surface area contributed by atoms with Crippen LogP contribution in [-0.2, 0) is 4.79 Å². The van der Waals surface area contributed by atoms with Gasteiger partial charge in [-0.3, -0.25) is 9.69 Å². The van der Waals surface area contributed by atoms with Gasteiger partial charge in [-0.05, 0) is 19.4 Å². The van der Waals surface area contributed by atoms with Crippen molar-refractivity contribution in [3.05, 3.63) is 0 Å². The molecular formula is C16H32N2O5. The lowest BCUT2D eigenvalue weighted by Crippen LogP contribution is -2.70. The SMILES string of the molecule is CCCCCNC(=O)[C@@H]1[C@H](O)[C@@H](O)[C@H](O)[C@@H](CO)N1CCCC. The van der Waals surface area contributed by atoms with Gasteiger partial charge in [0.2, 0.25) is 5.91 Å². The lowest BCUT2D eigenvalue weighted by Gasteiger charge is -2.47. The number of amides is 1. The van der Waals surface area contributed by atoms with Crippen LogP contribution in [0.4, 0.5) is 0 Å². The predicted octanol–water partition coefficient (Wildman–Crippen LogP) is -0.779. The molecule has 0 aromatic rings. The van der Waals surface area contributed by atoms with Gasteiger partial charge in [0.25, 0.3) is 0 Å². The van der Waals surface area contributed by atoms with Gasteiger partial charge in [-0.25, -0.2) is 0 Å². The second-order valence-corrected chi connectivity index (χ2v) is 6.26. The number of hydrogen-bond donors (Lipinski definition) is 5. The summed E-state index contributed by atoms with van der Waals surface area (Å²) in [6.45, 7) is 4.67. The van der Waals surface area contributed by atoms with E-state index in [0.29, 0.717) is 13.1 Å². The van der Waals surface area contributed by atoms with Gasteiger partial charge in [0, 0.05) is 6.54 Å². The Labute approximate surface area is 138 Å². The maximum absolute atomic E-state index is 12.5. The van der Waals surface area contributed by atoms with Gasteiger partial charge in [-0.1, -0.05) is 33.1 Å². The van der Waals surface area contributed by atoms with Crippen LogP contribution in [0, 0.1) is 0 Å². The van der Waals surface area contributed by atoms with Crippen molar-refractivity contribution in [3.8, 4) is 0 Å². The molecule has 1 saturated heterocycles. The van der Waals surface area contributed by atoms with Crippen LogP contribution >= 0.6 is 0 Å². The molecule has 1 amide bonds. The van der Waals surface area contributed by atoms with Gasteiger partial charge in [0.15, 0.2) is 0 Å². The van der Waals surface area contributed by atoms with Crippen molar-refractivity contribution in [2.45, 2.75) is 76.3 Å². The summed E-state index contributed by atoms with van der Waals surface area (Å²) >= 11 is 0. The average molecular weight is 332 g/mol. The summed E-state index contributed by atoms with van der Waals surface area (Å²) in [6, 6.07) is -1.72. The van der Waals surface area contributed by atoms with Crippen LogP contribution in [0.5, 0.6) is 0 Å². The van der Waals surface area contributed by atoms with Crippen LogP contribution in [0.15, 0.2) is 0 Å². The molecule has 0 bridgehead atoms. The maximum atomic E-state index is 12.5. The zero-order valence-electron chi connectivity index (χ0n) is 14.2. The monoisotopic (exact) mass is 332 g/mol. The summed E-state index contributed by atoms with van der Waals surface area (Å²) in [5, 5.41) is 42.7. The van der Waals surface area contributed by atoms with E-state index >= 15 is 0 Å². The largest absolute Gasteiger partial charge is 0.395 e. The molecule has 0 spiro atoms. The highest BCUT2D eigenvalue weighted by molar-refractivity contribution is 5.82. The van der Waals surface area contributed by atoms with Gasteiger partial charge < -0.3 is 25.7 Å². The number of aliphatic hydroxyl groups excluding tert-OH is 4. The van der Waals surface area contributed by atoms with Crippen LogP contribution in [0.2, 0.25) is 0 Å². The topological polar surface area (TPSA) is 113 Å². The molecule has 1 aliphatic heterocycles. The van der Waals surface area contributed by atoms with Crippen LogP contribution in [0.25, 0.3) is 0 Å². The highest BCUT2D eigenvalue weighted by Gasteiger charge is 2.49. The minimum atomic E-state index is -1.45. The van der Waals surface area contributed by atoms with E-state index in [9.17, 15) is 25.2 Å². The second kappa shape index (κ2) is 10.2. The van der Waals surface area contributed by atoms with Crippen molar-refractivity contribution in [2.24, 2.45) is 0 Å². The molecule has 1 rings (SSSR count). The van der Waals surface area contributed by atoms with Gasteiger partial charge in [-0.2, -0.15) is 0 Å². The molecular weight excluding hydrogens is 300 g/mol. The van der Waals surface area contributed by atoms with Gasteiger partial charge in [0.1, 0.15) is 24.4 Å². The molecule has 1 heterocycles. The number of likely N-dealkylation sites (tertiary alicyclic amines) is 1. The molecule has 1 fully saturated rings. The second-order valence-electron chi connectivity index (χ2n) is 6.26. The first kappa shape index (κ1) is 20.3. The van der Waals surface area contributed by atoms with Gasteiger partial charge in [0.05, 0.1) is 12.6 Å². The first-order valence-corrected chi connectivity index (χ1v) is 8.68. The summed E-state index contributed by atoms with van der Waals surface area (Å²) in [4.78, 5) is 14.1. The Bertz CT molecular complexity index is 355. The third kappa shape index (κ3) is 5.12. The number of nitrogens with zero attached hydrogens (tertiary/aromatic N) is 1. The number of carbonyl (C=O) groups excluding carboxylic acids is 1. The molecule has 1 aliphatic rings. The number of hydrogen-bond acceptors (Lipinski definition) is 6. The van der Waals surface area contributed by atoms with Crippen molar-refractivity contribution in [3.63, 3.8) is 0 Å². The molecule has 0 saturated carbocycles. The third-order valence-corrected chi connectivity index (χ3v) is 4.51. The first-order chi connectivity index (χ1) is 11.0. The van der Waals surface area contributed by atoms with E-state index in [4.69, 9.17) is 0 Å². The predicted molar refractivity (Wildman–Crippen MR) is 86.8 cm³/mol. The lowest BCUT2D eigenvalue weighted by atomic mass is 9.87. The van der Waals surface area contributed by atoms with E-state index in [1.807, 2.05) is 6.92 Å². The van der Waals surface area contributed by atoms with Gasteiger partial charge in [-0.15, -0.1) is 0 Å². The van der Waals surface area contributed by atoms with E-state index in [1.54, 1.807) is 4.90 Å². The van der Waals surface area contributed by atoms with E-state index < -0.39 is 30.4 Å². The molecule has 7 nitrogen and oxygen atoms in total. The fourth-order valence-corrected chi connectivity index (χ4v) is 3.07. The summed E-state index contributed by atoms with van der Waals surface area (Å²) < 4.78 is 0. The zero-order chi connectivity index (χ0) is 17.4. The third-order valence-electron chi connectivity index (χ3n) is 4.51. The molecule has 23 heavy (non-hydrogen) atoms. The maximum Gasteiger partial charge on any atom is 0.240 e. The van der Waals surface area contributed by atoms with E-state index in [1.165, 1.54) is 0 Å². The Balaban J connectivity index is 2.84. The minimum absolute atomic E-state index is 0.367. The summed E-state index contributed by atoms with van der Waals surface area (Å²) in [5.74, 6) is -0.367. The quantitative estimate of drug-likeness (QED) is 0.354. The average Bonchev–Trinajstić information content (AvgIpc) is 2.54. The van der Waals surface area contributed by atoms with Crippen molar-refractivity contribution in [2.75, 3.05) is 19.7 Å². The Kier molecular flexibility index (Phi) is 9.01. The fourth-order valence-electron chi connectivity index (χ4n) is 3.07. The van der Waals surface area contributed by atoms with Crippen LogP contribution in [-0.4, -0.2) is 81.3 Å². The number of carbonyl (C=O) groups is 1. The Morgan fingerprint density at radius 3 is 2.22 bits per heavy atom. The Hall–Kier alpha value is -0.730. The van der Waals surface area contributed by atoms with E-state index in [0.717, 1.165) is 32.1 Å². The molecule has 136 valence electrons. The standard InChI is InChI=1S/C16H32N2O5/c1-3-5-7-8-17-16(23)12-14(21)15(22)13(20)11(10-19)18(12)9-6-4-2/h11-15,19-22H,3-10H2,1-2H3,(H,17,23)/t11-,12+,13-,14+,15+/m1/s1. The molecule has 0 unspecified atom stereocenters. The lowest BCUT2D eigenvalue weighted by molar-refractivity contribution is -0.178. The van der Waals surface area contributed by atoms with E-state index in [-0.39, 0.29) is 12.5 Å². The number of piperidine rings is 1. The normalized spacial score (nSPS) is 32.0. The van der Waals surface area contributed by atoms with Crippen molar-refractivity contribution >= 4 is 5.91 Å². The van der Waals surface area contributed by atoms with Crippen molar-refractivity contribution in [1.29, 1.82) is 0 Å². The fraction of sp³-hybridized carbons (Fsp3) is 0.938. The Morgan fingerprint density at radius 2 is 1.65 bits per heavy atom. The van der Waals surface area contributed by atoms with Crippen molar-refractivity contribution < 1.29 is 25.2 Å². The summed E-state index contributed by atoms with van der Waals surface area (Å²) in [5.41, 5.74) is 0. The van der Waals surface area contributed by atoms with Crippen LogP contribution in [0.1, 0.15) is 46.0 Å². The molecule has 5 N–H and O–H groups in total. The molecule has 5 atom stereocenters. The molecule has 0 aromatic heterocycles. The Morgan fingerprint density at radius 1 is 1.00 bits per heavy atom. The minimum Gasteiger partial charge on any atom is -0.395 e.